The number of nitrogens with zero attached hydrogens (tertiary/aromatic N) is 5. The molecule has 5 aromatic heterocycles. The molecule has 9 aromatic carbocycles. The molecular weight excluding hydrogens is 779 g/mol. The van der Waals surface area contributed by atoms with Crippen LogP contribution in [0.1, 0.15) is 0 Å². The molecule has 0 N–H and O–H groups in total. The SMILES string of the molecule is c1ccc(-c2cccc(-n3c4ccccc4c4c3ccc3c5ccccc5n(-c5cccc(-n6c7ccccc7c7c6ccc6c8ccccc8n(-c8ccccc8)c67)c5)c34)n2)cc1. The van der Waals surface area contributed by atoms with E-state index >= 15 is 0 Å². The number of hydrogen-bond donors (Lipinski definition) is 0. The third kappa shape index (κ3) is 4.86. The van der Waals surface area contributed by atoms with Crippen molar-refractivity contribution in [2.45, 2.75) is 0 Å². The topological polar surface area (TPSA) is 32.6 Å². The van der Waals surface area contributed by atoms with Gasteiger partial charge in [0.15, 0.2) is 0 Å². The van der Waals surface area contributed by atoms with Crippen LogP contribution in [0.5, 0.6) is 0 Å². The second kappa shape index (κ2) is 13.4. The highest BCUT2D eigenvalue weighted by Gasteiger charge is 2.24. The van der Waals surface area contributed by atoms with Gasteiger partial charge in [-0.25, -0.2) is 4.98 Å². The molecule has 0 aliphatic carbocycles. The lowest BCUT2D eigenvalue weighted by Crippen LogP contribution is -1.99. The molecule has 0 aliphatic rings. The van der Waals surface area contributed by atoms with Crippen LogP contribution in [0.4, 0.5) is 0 Å². The molecule has 0 amide bonds. The number of fused-ring (bicyclic) bond motifs is 14. The highest BCUT2D eigenvalue weighted by atomic mass is 15.1. The van der Waals surface area contributed by atoms with E-state index in [4.69, 9.17) is 4.98 Å². The summed E-state index contributed by atoms with van der Waals surface area (Å²) in [7, 11) is 0. The second-order valence-electron chi connectivity index (χ2n) is 16.7. The summed E-state index contributed by atoms with van der Waals surface area (Å²) >= 11 is 0. The Bertz CT molecular complexity index is 4180. The molecule has 0 saturated carbocycles. The Labute approximate surface area is 367 Å². The number of rotatable bonds is 5. The fourth-order valence-corrected chi connectivity index (χ4v) is 10.7. The van der Waals surface area contributed by atoms with Gasteiger partial charge in [0, 0.05) is 65.7 Å². The molecule has 5 heteroatoms. The average Bonchev–Trinajstić information content (AvgIpc) is 4.09. The van der Waals surface area contributed by atoms with Gasteiger partial charge >= 0.3 is 0 Å². The average molecular weight is 816 g/mol. The fourth-order valence-electron chi connectivity index (χ4n) is 10.7. The number of benzene rings is 9. The minimum Gasteiger partial charge on any atom is -0.309 e. The van der Waals surface area contributed by atoms with Gasteiger partial charge < -0.3 is 13.7 Å². The van der Waals surface area contributed by atoms with Crippen molar-refractivity contribution < 1.29 is 0 Å². The van der Waals surface area contributed by atoms with Crippen LogP contribution in [0.2, 0.25) is 0 Å². The summed E-state index contributed by atoms with van der Waals surface area (Å²) in [4.78, 5) is 5.28. The third-order valence-corrected chi connectivity index (χ3v) is 13.3. The number of hydrogen-bond acceptors (Lipinski definition) is 1. The van der Waals surface area contributed by atoms with Crippen LogP contribution in [-0.4, -0.2) is 23.3 Å². The normalized spacial score (nSPS) is 12.1. The summed E-state index contributed by atoms with van der Waals surface area (Å²) in [5.41, 5.74) is 14.8. The van der Waals surface area contributed by atoms with Gasteiger partial charge in [0.25, 0.3) is 0 Å². The van der Waals surface area contributed by atoms with E-state index in [1.165, 1.54) is 76.2 Å². The largest absolute Gasteiger partial charge is 0.309 e. The zero-order valence-electron chi connectivity index (χ0n) is 34.6. The third-order valence-electron chi connectivity index (χ3n) is 13.3. The van der Waals surface area contributed by atoms with E-state index < -0.39 is 0 Å². The van der Waals surface area contributed by atoms with Crippen molar-refractivity contribution in [3.8, 4) is 34.1 Å². The van der Waals surface area contributed by atoms with Crippen LogP contribution < -0.4 is 0 Å². The monoisotopic (exact) mass is 815 g/mol. The van der Waals surface area contributed by atoms with E-state index in [0.29, 0.717) is 0 Å². The zero-order valence-corrected chi connectivity index (χ0v) is 34.6. The molecule has 64 heavy (non-hydrogen) atoms. The quantitative estimate of drug-likeness (QED) is 0.170. The molecule has 0 bridgehead atoms. The van der Waals surface area contributed by atoms with Crippen molar-refractivity contribution in [1.82, 2.24) is 23.3 Å². The van der Waals surface area contributed by atoms with E-state index in [2.05, 4.69) is 237 Å². The first-order chi connectivity index (χ1) is 31.8. The van der Waals surface area contributed by atoms with Crippen molar-refractivity contribution in [3.63, 3.8) is 0 Å². The Morgan fingerprint density at radius 2 is 0.703 bits per heavy atom. The fraction of sp³-hybridized carbons (Fsp3) is 0. The van der Waals surface area contributed by atoms with Crippen molar-refractivity contribution in [2.75, 3.05) is 0 Å². The second-order valence-corrected chi connectivity index (χ2v) is 16.7. The zero-order chi connectivity index (χ0) is 41.9. The maximum Gasteiger partial charge on any atom is 0.138 e. The summed E-state index contributed by atoms with van der Waals surface area (Å²) < 4.78 is 9.73. The summed E-state index contributed by atoms with van der Waals surface area (Å²) in [5.74, 6) is 0.892. The van der Waals surface area contributed by atoms with Crippen molar-refractivity contribution in [2.24, 2.45) is 0 Å². The molecular formula is C59H37N5. The predicted molar refractivity (Wildman–Crippen MR) is 267 cm³/mol. The Kier molecular flexibility index (Phi) is 7.33. The van der Waals surface area contributed by atoms with E-state index in [1.807, 2.05) is 6.07 Å². The molecule has 14 rings (SSSR count). The van der Waals surface area contributed by atoms with E-state index in [-0.39, 0.29) is 0 Å². The van der Waals surface area contributed by atoms with Gasteiger partial charge in [-0.05, 0) is 78.9 Å². The predicted octanol–water partition coefficient (Wildman–Crippen LogP) is 15.1. The Hall–Kier alpha value is -8.67. The molecule has 0 unspecified atom stereocenters. The molecule has 0 radical (unpaired) electrons. The minimum atomic E-state index is 0.892. The Balaban J connectivity index is 1.05. The van der Waals surface area contributed by atoms with Gasteiger partial charge in [-0.15, -0.1) is 0 Å². The maximum absolute atomic E-state index is 5.28. The Morgan fingerprint density at radius 1 is 0.266 bits per heavy atom. The van der Waals surface area contributed by atoms with Crippen LogP contribution in [0.3, 0.4) is 0 Å². The molecule has 14 aromatic rings. The molecule has 0 fully saturated rings. The molecule has 0 spiro atoms. The lowest BCUT2D eigenvalue weighted by molar-refractivity contribution is 1.08. The molecule has 0 aliphatic heterocycles. The molecule has 5 heterocycles. The first-order valence-electron chi connectivity index (χ1n) is 21.9. The van der Waals surface area contributed by atoms with Crippen molar-refractivity contribution in [1.29, 1.82) is 0 Å². The summed E-state index contributed by atoms with van der Waals surface area (Å²) in [5, 5.41) is 9.80. The molecule has 5 nitrogen and oxygen atoms in total. The standard InChI is InChI=1S/C59H37N5/c1-3-17-38(18-4-1)48-27-16-32-55(60-48)64-52-31-14-10-26-47(52)57-54(64)36-34-45-43-24-8-12-29-50(43)63(59(45)57)41-22-15-21-40(37-41)61-51-30-13-9-25-46(51)56-53(61)35-33-44-42-23-7-11-28-49(42)62(58(44)56)39-19-5-2-6-20-39/h1-37H. The van der Waals surface area contributed by atoms with E-state index in [1.54, 1.807) is 0 Å². The van der Waals surface area contributed by atoms with E-state index in [0.717, 1.165) is 45.2 Å². The lowest BCUT2D eigenvalue weighted by Gasteiger charge is -2.14. The highest BCUT2D eigenvalue weighted by molar-refractivity contribution is 6.27. The Morgan fingerprint density at radius 3 is 1.31 bits per heavy atom. The van der Waals surface area contributed by atoms with Crippen LogP contribution in [0, 0.1) is 0 Å². The van der Waals surface area contributed by atoms with Crippen molar-refractivity contribution >= 4 is 87.2 Å². The molecule has 0 saturated heterocycles. The summed E-state index contributed by atoms with van der Waals surface area (Å²) in [6, 6.07) is 81.2. The van der Waals surface area contributed by atoms with Gasteiger partial charge in [0.05, 0.1) is 49.8 Å². The summed E-state index contributed by atoms with van der Waals surface area (Å²) in [6.07, 6.45) is 0. The van der Waals surface area contributed by atoms with Crippen LogP contribution in [-0.2, 0) is 0 Å². The van der Waals surface area contributed by atoms with Gasteiger partial charge in [0.2, 0.25) is 0 Å². The molecule has 298 valence electrons. The van der Waals surface area contributed by atoms with Gasteiger partial charge in [-0.3, -0.25) is 4.57 Å². The van der Waals surface area contributed by atoms with Gasteiger partial charge in [-0.2, -0.15) is 0 Å². The first-order valence-corrected chi connectivity index (χ1v) is 21.9. The summed E-state index contributed by atoms with van der Waals surface area (Å²) in [6.45, 7) is 0. The first kappa shape index (κ1) is 35.0. The molecule has 0 atom stereocenters. The number of pyridine rings is 1. The lowest BCUT2D eigenvalue weighted by atomic mass is 10.1. The number of para-hydroxylation sites is 5. The number of aromatic nitrogens is 5. The maximum atomic E-state index is 5.28. The minimum absolute atomic E-state index is 0.892. The van der Waals surface area contributed by atoms with Gasteiger partial charge in [-0.1, -0.05) is 146 Å². The highest BCUT2D eigenvalue weighted by Crippen LogP contribution is 2.44. The van der Waals surface area contributed by atoms with Crippen molar-refractivity contribution in [3.05, 3.63) is 224 Å². The smallest absolute Gasteiger partial charge is 0.138 e. The van der Waals surface area contributed by atoms with Crippen LogP contribution in [0.25, 0.3) is 121 Å². The van der Waals surface area contributed by atoms with Crippen LogP contribution in [0.15, 0.2) is 224 Å². The van der Waals surface area contributed by atoms with Crippen LogP contribution >= 0.6 is 0 Å². The van der Waals surface area contributed by atoms with E-state index in [9.17, 15) is 0 Å². The van der Waals surface area contributed by atoms with Gasteiger partial charge in [0.1, 0.15) is 5.82 Å².